The molecule has 84 valence electrons. The van der Waals surface area contributed by atoms with E-state index in [1.54, 1.807) is 0 Å². The third-order valence-corrected chi connectivity index (χ3v) is 2.50. The highest BCUT2D eigenvalue weighted by Gasteiger charge is 2.10. The third-order valence-electron chi connectivity index (χ3n) is 2.50. The van der Waals surface area contributed by atoms with Crippen molar-refractivity contribution >= 4 is 0 Å². The molecule has 0 unspecified atom stereocenters. The number of aryl methyl sites for hydroxylation is 1. The van der Waals surface area contributed by atoms with Crippen LogP contribution in [-0.2, 0) is 11.2 Å². The van der Waals surface area contributed by atoms with E-state index in [0.717, 1.165) is 45.7 Å². The fourth-order valence-corrected chi connectivity index (χ4v) is 1.68. The number of hydrogen-bond donors (Lipinski definition) is 0. The van der Waals surface area contributed by atoms with Crippen LogP contribution < -0.4 is 5.82 Å². The lowest BCUT2D eigenvalue weighted by atomic mass is 10.2. The van der Waals surface area contributed by atoms with Crippen molar-refractivity contribution in [2.75, 3.05) is 32.8 Å². The number of ether oxygens (including phenoxy) is 1. The molecular formula is C10H15NO4. The molecule has 1 fully saturated rings. The normalized spacial score (nSPS) is 18.1. The molecule has 0 atom stereocenters. The van der Waals surface area contributed by atoms with Crippen molar-refractivity contribution in [1.82, 2.24) is 4.90 Å². The van der Waals surface area contributed by atoms with E-state index in [-0.39, 0.29) is 0 Å². The second-order valence-electron chi connectivity index (χ2n) is 3.61. The molecule has 15 heavy (non-hydrogen) atoms. The van der Waals surface area contributed by atoms with Crippen molar-refractivity contribution in [3.8, 4) is 0 Å². The predicted molar refractivity (Wildman–Crippen MR) is 52.8 cm³/mol. The van der Waals surface area contributed by atoms with E-state index in [4.69, 9.17) is 9.15 Å². The Hall–Kier alpha value is -1.07. The zero-order chi connectivity index (χ0) is 10.5. The van der Waals surface area contributed by atoms with Gasteiger partial charge in [0.25, 0.3) is 0 Å². The smallest absolute Gasteiger partial charge is 0.399 e. The van der Waals surface area contributed by atoms with Crippen LogP contribution in [0.3, 0.4) is 0 Å². The summed E-state index contributed by atoms with van der Waals surface area (Å²) >= 11 is 0. The van der Waals surface area contributed by atoms with Crippen LogP contribution in [0.2, 0.25) is 0 Å². The zero-order valence-corrected chi connectivity index (χ0v) is 8.61. The van der Waals surface area contributed by atoms with Crippen molar-refractivity contribution in [3.63, 3.8) is 0 Å². The summed E-state index contributed by atoms with van der Waals surface area (Å²) in [7, 11) is 0. The lowest BCUT2D eigenvalue weighted by molar-refractivity contribution is 0.0373. The van der Waals surface area contributed by atoms with Gasteiger partial charge in [0, 0.05) is 19.5 Å². The van der Waals surface area contributed by atoms with Crippen LogP contribution in [0.1, 0.15) is 12.2 Å². The minimum absolute atomic E-state index is 0.614. The first-order valence-electron chi connectivity index (χ1n) is 5.22. The van der Waals surface area contributed by atoms with E-state index in [2.05, 4.69) is 9.32 Å². The second kappa shape index (κ2) is 5.14. The van der Waals surface area contributed by atoms with E-state index in [0.29, 0.717) is 5.76 Å². The Kier molecular flexibility index (Phi) is 3.58. The summed E-state index contributed by atoms with van der Waals surface area (Å²) in [6, 6.07) is 0. The van der Waals surface area contributed by atoms with Crippen LogP contribution in [0, 0.1) is 0 Å². The Balaban J connectivity index is 1.68. The van der Waals surface area contributed by atoms with Gasteiger partial charge in [-0.05, 0) is 13.0 Å². The molecule has 5 nitrogen and oxygen atoms in total. The van der Waals surface area contributed by atoms with Gasteiger partial charge >= 0.3 is 5.82 Å². The standard InChI is InChI=1S/C10H15NO4/c12-10-14-8-9(15-10)2-1-3-11-4-6-13-7-5-11/h8H,1-7H2. The first-order chi connectivity index (χ1) is 7.34. The summed E-state index contributed by atoms with van der Waals surface area (Å²) in [5, 5.41) is 0. The van der Waals surface area contributed by atoms with Crippen molar-refractivity contribution in [2.24, 2.45) is 0 Å². The summed E-state index contributed by atoms with van der Waals surface area (Å²) in [6.07, 6.45) is 3.12. The van der Waals surface area contributed by atoms with Crippen LogP contribution in [0.5, 0.6) is 0 Å². The number of hydrogen-bond acceptors (Lipinski definition) is 5. The van der Waals surface area contributed by atoms with Gasteiger partial charge in [-0.25, -0.2) is 4.79 Å². The predicted octanol–water partition coefficient (Wildman–Crippen LogP) is 0.498. The average molecular weight is 213 g/mol. The molecule has 0 spiro atoms. The van der Waals surface area contributed by atoms with Crippen LogP contribution in [0.25, 0.3) is 0 Å². The summed E-state index contributed by atoms with van der Waals surface area (Å²) in [4.78, 5) is 12.9. The number of morpholine rings is 1. The zero-order valence-electron chi connectivity index (χ0n) is 8.61. The molecule has 2 rings (SSSR count). The molecule has 0 amide bonds. The molecule has 5 heteroatoms. The minimum atomic E-state index is -0.614. The minimum Gasteiger partial charge on any atom is -0.399 e. The lowest BCUT2D eigenvalue weighted by Gasteiger charge is -2.26. The van der Waals surface area contributed by atoms with Crippen LogP contribution >= 0.6 is 0 Å². The van der Waals surface area contributed by atoms with E-state index in [1.165, 1.54) is 6.26 Å². The molecule has 0 N–H and O–H groups in total. The maximum Gasteiger partial charge on any atom is 0.518 e. The molecule has 2 heterocycles. The van der Waals surface area contributed by atoms with E-state index < -0.39 is 5.82 Å². The van der Waals surface area contributed by atoms with Gasteiger partial charge in [0.15, 0.2) is 0 Å². The molecule has 1 saturated heterocycles. The van der Waals surface area contributed by atoms with Gasteiger partial charge in [-0.1, -0.05) is 0 Å². The van der Waals surface area contributed by atoms with Gasteiger partial charge in [-0.3, -0.25) is 4.90 Å². The molecule has 0 saturated carbocycles. The highest BCUT2D eigenvalue weighted by Crippen LogP contribution is 2.03. The van der Waals surface area contributed by atoms with Gasteiger partial charge in [0.2, 0.25) is 0 Å². The Morgan fingerprint density at radius 3 is 2.80 bits per heavy atom. The van der Waals surface area contributed by atoms with Gasteiger partial charge in [-0.15, -0.1) is 0 Å². The first kappa shape index (κ1) is 10.4. The molecule has 1 aliphatic heterocycles. The fourth-order valence-electron chi connectivity index (χ4n) is 1.68. The molecular weight excluding hydrogens is 198 g/mol. The van der Waals surface area contributed by atoms with Crippen molar-refractivity contribution in [1.29, 1.82) is 0 Å². The van der Waals surface area contributed by atoms with Crippen LogP contribution in [0.15, 0.2) is 19.9 Å². The molecule has 0 radical (unpaired) electrons. The Morgan fingerprint density at radius 1 is 1.33 bits per heavy atom. The average Bonchev–Trinajstić information content (AvgIpc) is 2.66. The van der Waals surface area contributed by atoms with Gasteiger partial charge < -0.3 is 13.6 Å². The molecule has 1 aliphatic rings. The van der Waals surface area contributed by atoms with Crippen LogP contribution in [-0.4, -0.2) is 37.7 Å². The molecule has 1 aromatic heterocycles. The number of rotatable bonds is 4. The summed E-state index contributed by atoms with van der Waals surface area (Å²) < 4.78 is 14.6. The van der Waals surface area contributed by atoms with Crippen LogP contribution in [0.4, 0.5) is 0 Å². The Bertz CT molecular complexity index is 337. The lowest BCUT2D eigenvalue weighted by Crippen LogP contribution is -2.36. The van der Waals surface area contributed by atoms with E-state index >= 15 is 0 Å². The summed E-state index contributed by atoms with van der Waals surface area (Å²) in [5.41, 5.74) is 0. The summed E-state index contributed by atoms with van der Waals surface area (Å²) in [5.74, 6) is 0.0182. The summed E-state index contributed by atoms with van der Waals surface area (Å²) in [6.45, 7) is 4.64. The topological polar surface area (TPSA) is 55.8 Å². The number of nitrogens with zero attached hydrogens (tertiary/aromatic N) is 1. The monoisotopic (exact) mass is 213 g/mol. The van der Waals surface area contributed by atoms with Gasteiger partial charge in [-0.2, -0.15) is 0 Å². The van der Waals surface area contributed by atoms with Crippen molar-refractivity contribution in [2.45, 2.75) is 12.8 Å². The van der Waals surface area contributed by atoms with Gasteiger partial charge in [0.1, 0.15) is 12.0 Å². The first-order valence-corrected chi connectivity index (χ1v) is 5.22. The molecule has 0 aromatic carbocycles. The molecule has 0 aliphatic carbocycles. The largest absolute Gasteiger partial charge is 0.518 e. The molecule has 1 aromatic rings. The SMILES string of the molecule is O=c1occ(CCCN2CCOCC2)o1. The Morgan fingerprint density at radius 2 is 2.13 bits per heavy atom. The quantitative estimate of drug-likeness (QED) is 0.728. The maximum absolute atomic E-state index is 10.6. The fraction of sp³-hybridized carbons (Fsp3) is 0.700. The Labute approximate surface area is 87.6 Å². The van der Waals surface area contributed by atoms with Gasteiger partial charge in [0.05, 0.1) is 13.2 Å². The van der Waals surface area contributed by atoms with E-state index in [9.17, 15) is 4.79 Å². The molecule has 0 bridgehead atoms. The highest BCUT2D eigenvalue weighted by molar-refractivity contribution is 4.85. The van der Waals surface area contributed by atoms with E-state index in [1.807, 2.05) is 0 Å². The second-order valence-corrected chi connectivity index (χ2v) is 3.61. The van der Waals surface area contributed by atoms with Crippen molar-refractivity contribution in [3.05, 3.63) is 22.6 Å². The highest BCUT2D eigenvalue weighted by atomic mass is 16.6. The van der Waals surface area contributed by atoms with Crippen molar-refractivity contribution < 1.29 is 13.6 Å². The third kappa shape index (κ3) is 3.21. The maximum atomic E-state index is 10.6.